The van der Waals surface area contributed by atoms with Crippen LogP contribution in [0.4, 0.5) is 0 Å². The van der Waals surface area contributed by atoms with E-state index < -0.39 is 7.75 Å². The quantitative estimate of drug-likeness (QED) is 0.574. The van der Waals surface area contributed by atoms with Crippen LogP contribution in [0.15, 0.2) is 0 Å². The summed E-state index contributed by atoms with van der Waals surface area (Å²) in [6.07, 6.45) is 0. The summed E-state index contributed by atoms with van der Waals surface area (Å²) in [5.41, 5.74) is 0. The molecule has 0 unspecified atom stereocenters. The molecule has 10 heavy (non-hydrogen) atoms. The summed E-state index contributed by atoms with van der Waals surface area (Å²) in [5.74, 6) is 0. The second-order valence-corrected chi connectivity index (χ2v) is 4.29. The van der Waals surface area contributed by atoms with Crippen LogP contribution in [-0.2, 0) is 13.6 Å². The van der Waals surface area contributed by atoms with Crippen molar-refractivity contribution < 1.29 is 13.6 Å². The molecule has 0 aliphatic carbocycles. The van der Waals surface area contributed by atoms with Gasteiger partial charge in [-0.05, 0) is 0 Å². The molecular weight excluding hydrogens is 221 g/mol. The average molecular weight is 232 g/mol. The zero-order chi connectivity index (χ0) is 8.04. The molecule has 0 atom stereocenters. The van der Waals surface area contributed by atoms with Gasteiger partial charge < -0.3 is 9.05 Å². The average Bonchev–Trinajstić information content (AvgIpc) is 2.00. The maximum atomic E-state index is 11.1. The molecule has 0 aliphatic rings. The fourth-order valence-corrected chi connectivity index (χ4v) is 1.68. The lowest BCUT2D eigenvalue weighted by molar-refractivity contribution is 0.265. The summed E-state index contributed by atoms with van der Waals surface area (Å²) in [7, 11) is -0.300. The summed E-state index contributed by atoms with van der Waals surface area (Å²) in [4.78, 5) is 0. The number of hydrogen-bond acceptors (Lipinski definition) is 3. The van der Waals surface area contributed by atoms with E-state index in [-0.39, 0.29) is 0 Å². The van der Waals surface area contributed by atoms with Crippen molar-refractivity contribution in [3.63, 3.8) is 0 Å². The monoisotopic (exact) mass is 231 g/mol. The van der Waals surface area contributed by atoms with E-state index >= 15 is 0 Å². The third-order valence-electron chi connectivity index (χ3n) is 0.881. The lowest BCUT2D eigenvalue weighted by Gasteiger charge is -2.12. The van der Waals surface area contributed by atoms with Crippen molar-refractivity contribution in [2.45, 2.75) is 0 Å². The first kappa shape index (κ1) is 10.6. The normalized spacial score (nSPS) is 11.9. The van der Waals surface area contributed by atoms with Gasteiger partial charge in [0.15, 0.2) is 0 Å². The molecule has 0 aromatic carbocycles. The Balaban J connectivity index is 3.70. The highest BCUT2D eigenvalue weighted by Gasteiger charge is 2.18. The molecule has 0 rings (SSSR count). The molecule has 0 radical (unpaired) electrons. The van der Waals surface area contributed by atoms with Crippen molar-refractivity contribution in [3.8, 4) is 0 Å². The van der Waals surface area contributed by atoms with Crippen molar-refractivity contribution in [1.29, 1.82) is 0 Å². The van der Waals surface area contributed by atoms with Crippen molar-refractivity contribution in [2.75, 3.05) is 26.1 Å². The van der Waals surface area contributed by atoms with Crippen LogP contribution >= 0.6 is 23.7 Å². The molecule has 0 fully saturated rings. The highest BCUT2D eigenvalue weighted by molar-refractivity contribution is 9.09. The van der Waals surface area contributed by atoms with E-state index in [9.17, 15) is 4.57 Å². The van der Waals surface area contributed by atoms with Gasteiger partial charge in [0.05, 0.1) is 0 Å². The second kappa shape index (κ2) is 5.27. The number of halogens is 1. The van der Waals surface area contributed by atoms with E-state index in [0.717, 1.165) is 0 Å². The van der Waals surface area contributed by atoms with E-state index in [0.29, 0.717) is 11.9 Å². The van der Waals surface area contributed by atoms with E-state index in [1.54, 1.807) is 0 Å². The van der Waals surface area contributed by atoms with Crippen molar-refractivity contribution in [1.82, 2.24) is 5.09 Å². The van der Waals surface area contributed by atoms with Gasteiger partial charge in [-0.3, -0.25) is 0 Å². The maximum Gasteiger partial charge on any atom is 0.404 e. The van der Waals surface area contributed by atoms with Crippen LogP contribution in [-0.4, -0.2) is 26.1 Å². The Kier molecular flexibility index (Phi) is 5.58. The first-order valence-electron chi connectivity index (χ1n) is 2.71. The van der Waals surface area contributed by atoms with Crippen molar-refractivity contribution in [3.05, 3.63) is 0 Å². The van der Waals surface area contributed by atoms with Crippen molar-refractivity contribution >= 4 is 23.7 Å². The van der Waals surface area contributed by atoms with E-state index in [2.05, 4.69) is 30.1 Å². The van der Waals surface area contributed by atoms with Crippen LogP contribution in [0.2, 0.25) is 0 Å². The van der Waals surface area contributed by atoms with Gasteiger partial charge in [-0.25, -0.2) is 9.65 Å². The van der Waals surface area contributed by atoms with Gasteiger partial charge in [0.25, 0.3) is 0 Å². The molecule has 0 saturated heterocycles. The first-order chi connectivity index (χ1) is 4.68. The Labute approximate surface area is 69.0 Å². The number of nitrogens with one attached hydrogen (secondary N) is 1. The standard InChI is InChI=1S/C4H11BrNO3P/c1-8-10(7,9-2)6-4-3-5/h3-4H2,1-2H3,(H,6,7). The second-order valence-electron chi connectivity index (χ2n) is 1.46. The molecule has 6 heteroatoms. The molecule has 4 nitrogen and oxygen atoms in total. The fourth-order valence-electron chi connectivity index (χ4n) is 0.383. The van der Waals surface area contributed by atoms with Gasteiger partial charge in [0.1, 0.15) is 0 Å². The van der Waals surface area contributed by atoms with Crippen LogP contribution < -0.4 is 5.09 Å². The van der Waals surface area contributed by atoms with Gasteiger partial charge in [-0.15, -0.1) is 0 Å². The third-order valence-corrected chi connectivity index (χ3v) is 2.85. The molecule has 0 amide bonds. The summed E-state index contributed by atoms with van der Waals surface area (Å²) >= 11 is 3.17. The molecule has 0 spiro atoms. The highest BCUT2D eigenvalue weighted by Crippen LogP contribution is 2.40. The smallest absolute Gasteiger partial charge is 0.300 e. The van der Waals surface area contributed by atoms with E-state index in [4.69, 9.17) is 0 Å². The van der Waals surface area contributed by atoms with Gasteiger partial charge in [0, 0.05) is 26.1 Å². The molecular formula is C4H11BrNO3P. The number of rotatable bonds is 5. The predicted molar refractivity (Wildman–Crippen MR) is 43.4 cm³/mol. The molecule has 0 aromatic rings. The van der Waals surface area contributed by atoms with Crippen LogP contribution in [0, 0.1) is 0 Å². The summed E-state index contributed by atoms with van der Waals surface area (Å²) in [6, 6.07) is 0. The molecule has 0 aliphatic heterocycles. The van der Waals surface area contributed by atoms with Crippen LogP contribution in [0.25, 0.3) is 0 Å². The Bertz CT molecular complexity index is 124. The Hall–Kier alpha value is 0.590. The van der Waals surface area contributed by atoms with Gasteiger partial charge in [0.2, 0.25) is 0 Å². The summed E-state index contributed by atoms with van der Waals surface area (Å²) < 4.78 is 20.3. The van der Waals surface area contributed by atoms with E-state index in [1.807, 2.05) is 0 Å². The Morgan fingerprint density at radius 1 is 1.50 bits per heavy atom. The minimum absolute atomic E-state index is 0.555. The van der Waals surface area contributed by atoms with Gasteiger partial charge in [-0.2, -0.15) is 0 Å². The fraction of sp³-hybridized carbons (Fsp3) is 1.00. The number of hydrogen-bond donors (Lipinski definition) is 1. The lowest BCUT2D eigenvalue weighted by Crippen LogP contribution is -2.14. The highest BCUT2D eigenvalue weighted by atomic mass is 79.9. The van der Waals surface area contributed by atoms with Gasteiger partial charge >= 0.3 is 7.75 Å². The molecule has 1 N–H and O–H groups in total. The first-order valence-corrected chi connectivity index (χ1v) is 5.37. The van der Waals surface area contributed by atoms with Crippen LogP contribution in [0.3, 0.4) is 0 Å². The van der Waals surface area contributed by atoms with Crippen LogP contribution in [0.5, 0.6) is 0 Å². The van der Waals surface area contributed by atoms with Gasteiger partial charge in [-0.1, -0.05) is 15.9 Å². The summed E-state index contributed by atoms with van der Waals surface area (Å²) in [6.45, 7) is 0.555. The molecule has 0 aromatic heterocycles. The minimum Gasteiger partial charge on any atom is -0.300 e. The molecule has 0 saturated carbocycles. The zero-order valence-corrected chi connectivity index (χ0v) is 8.44. The largest absolute Gasteiger partial charge is 0.404 e. The minimum atomic E-state index is -2.98. The third kappa shape index (κ3) is 3.68. The SMILES string of the molecule is COP(=O)(NCCBr)OC. The zero-order valence-electron chi connectivity index (χ0n) is 5.96. The van der Waals surface area contributed by atoms with Crippen molar-refractivity contribution in [2.24, 2.45) is 0 Å². The Morgan fingerprint density at radius 2 is 2.00 bits per heavy atom. The lowest BCUT2D eigenvalue weighted by atomic mass is 10.8. The Morgan fingerprint density at radius 3 is 2.30 bits per heavy atom. The van der Waals surface area contributed by atoms with E-state index in [1.165, 1.54) is 14.2 Å². The molecule has 0 bridgehead atoms. The molecule has 0 heterocycles. The topological polar surface area (TPSA) is 47.6 Å². The van der Waals surface area contributed by atoms with Crippen LogP contribution in [0.1, 0.15) is 0 Å². The molecule has 62 valence electrons. The predicted octanol–water partition coefficient (Wildman–Crippen LogP) is 1.37. The summed E-state index contributed by atoms with van der Waals surface area (Å²) in [5, 5.41) is 3.32. The number of alkyl halides is 1. The maximum absolute atomic E-state index is 11.1.